The fourth-order valence-corrected chi connectivity index (χ4v) is 3.44. The molecule has 0 bridgehead atoms. The Labute approximate surface area is 112 Å². The van der Waals surface area contributed by atoms with Crippen molar-refractivity contribution < 1.29 is 0 Å². The summed E-state index contributed by atoms with van der Waals surface area (Å²) in [5.74, 6) is 1.49. The van der Waals surface area contributed by atoms with E-state index >= 15 is 0 Å². The number of nitrogens with one attached hydrogen (secondary N) is 1. The van der Waals surface area contributed by atoms with Gasteiger partial charge in [-0.15, -0.1) is 0 Å². The lowest BCUT2D eigenvalue weighted by Crippen LogP contribution is -2.41. The molecule has 0 saturated heterocycles. The van der Waals surface area contributed by atoms with E-state index in [9.17, 15) is 0 Å². The summed E-state index contributed by atoms with van der Waals surface area (Å²) in [6, 6.07) is 11.6. The number of rotatable bonds is 5. The smallest absolute Gasteiger partial charge is 0.0161 e. The third kappa shape index (κ3) is 3.35. The zero-order chi connectivity index (χ0) is 12.8. The first-order chi connectivity index (χ1) is 8.83. The summed E-state index contributed by atoms with van der Waals surface area (Å²) in [5.41, 5.74) is 1.48. The van der Waals surface area contributed by atoms with E-state index in [0.717, 1.165) is 12.5 Å². The Bertz CT molecular complexity index is 327. The van der Waals surface area contributed by atoms with Crippen LogP contribution in [0.2, 0.25) is 0 Å². The van der Waals surface area contributed by atoms with Gasteiger partial charge in [0.1, 0.15) is 0 Å². The van der Waals surface area contributed by atoms with Crippen molar-refractivity contribution in [1.82, 2.24) is 5.32 Å². The minimum absolute atomic E-state index is 0.620. The maximum absolute atomic E-state index is 3.75. The second-order valence-corrected chi connectivity index (χ2v) is 5.68. The molecule has 1 aromatic rings. The molecule has 18 heavy (non-hydrogen) atoms. The van der Waals surface area contributed by atoms with E-state index in [-0.39, 0.29) is 0 Å². The molecule has 100 valence electrons. The van der Waals surface area contributed by atoms with Crippen LogP contribution in [0.25, 0.3) is 0 Å². The third-order valence-electron chi connectivity index (χ3n) is 4.46. The van der Waals surface area contributed by atoms with E-state index in [4.69, 9.17) is 0 Å². The Morgan fingerprint density at radius 3 is 2.39 bits per heavy atom. The van der Waals surface area contributed by atoms with Gasteiger partial charge >= 0.3 is 0 Å². The maximum Gasteiger partial charge on any atom is 0.0161 e. The zero-order valence-corrected chi connectivity index (χ0v) is 11.9. The second kappa shape index (κ2) is 6.94. The summed E-state index contributed by atoms with van der Waals surface area (Å²) in [6.07, 6.45) is 7.11. The Kier molecular flexibility index (Phi) is 5.25. The standard InChI is InChI=1S/C17H27N/c1-3-18-17(16-12-8-5-9-13-16)14(2)15-10-6-4-7-11-15/h4,6-7,10-11,14,16-18H,3,5,8-9,12-13H2,1-2H3. The van der Waals surface area contributed by atoms with Crippen LogP contribution in [0.15, 0.2) is 30.3 Å². The van der Waals surface area contributed by atoms with Crippen molar-refractivity contribution in [3.05, 3.63) is 35.9 Å². The normalized spacial score (nSPS) is 20.6. The van der Waals surface area contributed by atoms with E-state index in [0.29, 0.717) is 12.0 Å². The van der Waals surface area contributed by atoms with Crippen molar-refractivity contribution in [3.8, 4) is 0 Å². The van der Waals surface area contributed by atoms with Crippen molar-refractivity contribution in [1.29, 1.82) is 0 Å². The Hall–Kier alpha value is -0.820. The Morgan fingerprint density at radius 1 is 1.11 bits per heavy atom. The van der Waals surface area contributed by atoms with Crippen LogP contribution >= 0.6 is 0 Å². The number of benzene rings is 1. The maximum atomic E-state index is 3.75. The fourth-order valence-electron chi connectivity index (χ4n) is 3.44. The first-order valence-corrected chi connectivity index (χ1v) is 7.61. The van der Waals surface area contributed by atoms with E-state index < -0.39 is 0 Å². The molecule has 0 amide bonds. The van der Waals surface area contributed by atoms with Gasteiger partial charge in [-0.05, 0) is 36.8 Å². The summed E-state index contributed by atoms with van der Waals surface area (Å²) < 4.78 is 0. The highest BCUT2D eigenvalue weighted by Gasteiger charge is 2.28. The first kappa shape index (κ1) is 13.6. The Balaban J connectivity index is 2.08. The first-order valence-electron chi connectivity index (χ1n) is 7.61. The summed E-state index contributed by atoms with van der Waals surface area (Å²) in [6.45, 7) is 5.70. The van der Waals surface area contributed by atoms with Gasteiger partial charge in [0.25, 0.3) is 0 Å². The molecule has 1 N–H and O–H groups in total. The lowest BCUT2D eigenvalue weighted by molar-refractivity contribution is 0.247. The highest BCUT2D eigenvalue weighted by atomic mass is 14.9. The molecule has 2 rings (SSSR count). The van der Waals surface area contributed by atoms with Crippen LogP contribution in [0, 0.1) is 5.92 Å². The van der Waals surface area contributed by atoms with Crippen molar-refractivity contribution in [3.63, 3.8) is 0 Å². The minimum atomic E-state index is 0.620. The predicted molar refractivity (Wildman–Crippen MR) is 78.9 cm³/mol. The molecule has 1 nitrogen and oxygen atoms in total. The average molecular weight is 245 g/mol. The minimum Gasteiger partial charge on any atom is -0.313 e. The molecule has 1 aliphatic carbocycles. The van der Waals surface area contributed by atoms with Crippen molar-refractivity contribution in [2.45, 2.75) is 57.9 Å². The molecule has 2 unspecified atom stereocenters. The third-order valence-corrected chi connectivity index (χ3v) is 4.46. The largest absolute Gasteiger partial charge is 0.313 e. The lowest BCUT2D eigenvalue weighted by Gasteiger charge is -2.35. The fraction of sp³-hybridized carbons (Fsp3) is 0.647. The molecule has 0 spiro atoms. The monoisotopic (exact) mass is 245 g/mol. The molecular weight excluding hydrogens is 218 g/mol. The van der Waals surface area contributed by atoms with Gasteiger partial charge in [0, 0.05) is 6.04 Å². The van der Waals surface area contributed by atoms with Crippen molar-refractivity contribution in [2.75, 3.05) is 6.54 Å². The van der Waals surface area contributed by atoms with Crippen LogP contribution in [-0.2, 0) is 0 Å². The van der Waals surface area contributed by atoms with E-state index in [1.54, 1.807) is 0 Å². The molecular formula is C17H27N. The van der Waals surface area contributed by atoms with Crippen LogP contribution in [0.4, 0.5) is 0 Å². The van der Waals surface area contributed by atoms with Gasteiger partial charge in [-0.25, -0.2) is 0 Å². The highest BCUT2D eigenvalue weighted by Crippen LogP contribution is 2.33. The average Bonchev–Trinajstić information content (AvgIpc) is 2.46. The van der Waals surface area contributed by atoms with E-state index in [1.165, 1.54) is 37.7 Å². The molecule has 1 saturated carbocycles. The van der Waals surface area contributed by atoms with Gasteiger partial charge in [0.15, 0.2) is 0 Å². The zero-order valence-electron chi connectivity index (χ0n) is 11.9. The van der Waals surface area contributed by atoms with Gasteiger partial charge in [-0.3, -0.25) is 0 Å². The summed E-state index contributed by atoms with van der Waals surface area (Å²) >= 11 is 0. The van der Waals surface area contributed by atoms with Gasteiger partial charge in [-0.1, -0.05) is 63.4 Å². The Morgan fingerprint density at radius 2 is 1.78 bits per heavy atom. The molecule has 1 fully saturated rings. The van der Waals surface area contributed by atoms with Crippen LogP contribution in [0.3, 0.4) is 0 Å². The molecule has 1 heteroatoms. The van der Waals surface area contributed by atoms with Crippen LogP contribution in [-0.4, -0.2) is 12.6 Å². The quantitative estimate of drug-likeness (QED) is 0.813. The van der Waals surface area contributed by atoms with Crippen LogP contribution < -0.4 is 5.32 Å². The lowest BCUT2D eigenvalue weighted by atomic mass is 9.77. The number of hydrogen-bond acceptors (Lipinski definition) is 1. The summed E-state index contributed by atoms with van der Waals surface area (Å²) in [5, 5.41) is 3.75. The summed E-state index contributed by atoms with van der Waals surface area (Å²) in [7, 11) is 0. The van der Waals surface area contributed by atoms with Crippen LogP contribution in [0.1, 0.15) is 57.4 Å². The molecule has 0 aromatic heterocycles. The SMILES string of the molecule is CCNC(C1CCCCC1)C(C)c1ccccc1. The molecule has 0 radical (unpaired) electrons. The molecule has 0 heterocycles. The number of hydrogen-bond donors (Lipinski definition) is 1. The van der Waals surface area contributed by atoms with Gasteiger partial charge in [0.2, 0.25) is 0 Å². The number of likely N-dealkylation sites (N-methyl/N-ethyl adjacent to an activating group) is 1. The topological polar surface area (TPSA) is 12.0 Å². The highest BCUT2D eigenvalue weighted by molar-refractivity contribution is 5.21. The molecule has 1 aromatic carbocycles. The predicted octanol–water partition coefficient (Wildman–Crippen LogP) is 4.35. The van der Waals surface area contributed by atoms with Gasteiger partial charge in [-0.2, -0.15) is 0 Å². The van der Waals surface area contributed by atoms with Crippen molar-refractivity contribution >= 4 is 0 Å². The van der Waals surface area contributed by atoms with Crippen LogP contribution in [0.5, 0.6) is 0 Å². The van der Waals surface area contributed by atoms with E-state index in [2.05, 4.69) is 49.5 Å². The molecule has 1 aliphatic rings. The van der Waals surface area contributed by atoms with Crippen molar-refractivity contribution in [2.24, 2.45) is 5.92 Å². The van der Waals surface area contributed by atoms with Gasteiger partial charge < -0.3 is 5.32 Å². The second-order valence-electron chi connectivity index (χ2n) is 5.68. The summed E-state index contributed by atoms with van der Waals surface area (Å²) in [4.78, 5) is 0. The van der Waals surface area contributed by atoms with E-state index in [1.807, 2.05) is 0 Å². The van der Waals surface area contributed by atoms with Gasteiger partial charge in [0.05, 0.1) is 0 Å². The molecule has 2 atom stereocenters. The molecule has 0 aliphatic heterocycles.